The van der Waals surface area contributed by atoms with E-state index in [1.165, 1.54) is 26.4 Å². The fourth-order valence-electron chi connectivity index (χ4n) is 1.34. The third kappa shape index (κ3) is 2.39. The third-order valence-electron chi connectivity index (χ3n) is 2.13. The van der Waals surface area contributed by atoms with Crippen molar-refractivity contribution in [2.24, 2.45) is 0 Å². The predicted octanol–water partition coefficient (Wildman–Crippen LogP) is 2.07. The van der Waals surface area contributed by atoms with E-state index >= 15 is 0 Å². The minimum Gasteiger partial charge on any atom is -0.496 e. The lowest BCUT2D eigenvalue weighted by atomic mass is 9.97. The van der Waals surface area contributed by atoms with Crippen molar-refractivity contribution >= 4 is 0 Å². The second-order valence-electron chi connectivity index (χ2n) is 3.75. The van der Waals surface area contributed by atoms with Crippen LogP contribution in [0.2, 0.25) is 0 Å². The van der Waals surface area contributed by atoms with Gasteiger partial charge in [0.15, 0.2) is 11.6 Å². The van der Waals surface area contributed by atoms with Gasteiger partial charge in [-0.2, -0.15) is 0 Å². The number of halogens is 1. The molecule has 0 saturated heterocycles. The molecule has 84 valence electrons. The molecule has 1 rings (SSSR count). The van der Waals surface area contributed by atoms with E-state index in [9.17, 15) is 9.50 Å². The molecule has 0 aromatic heterocycles. The summed E-state index contributed by atoms with van der Waals surface area (Å²) in [6.45, 7) is 3.20. The highest BCUT2D eigenvalue weighted by molar-refractivity contribution is 5.44. The van der Waals surface area contributed by atoms with Gasteiger partial charge in [-0.25, -0.2) is 4.39 Å². The quantitative estimate of drug-likeness (QED) is 0.837. The van der Waals surface area contributed by atoms with Gasteiger partial charge < -0.3 is 14.6 Å². The monoisotopic (exact) mass is 214 g/mol. The Balaban J connectivity index is 3.36. The molecule has 0 aliphatic rings. The largest absolute Gasteiger partial charge is 0.496 e. The Kier molecular flexibility index (Phi) is 3.19. The highest BCUT2D eigenvalue weighted by Crippen LogP contribution is 2.34. The number of hydrogen-bond donors (Lipinski definition) is 1. The van der Waals surface area contributed by atoms with Crippen molar-refractivity contribution in [3.05, 3.63) is 23.5 Å². The van der Waals surface area contributed by atoms with Crippen LogP contribution in [0.3, 0.4) is 0 Å². The number of rotatable bonds is 3. The zero-order chi connectivity index (χ0) is 11.6. The minimum atomic E-state index is -1.10. The fourth-order valence-corrected chi connectivity index (χ4v) is 1.34. The van der Waals surface area contributed by atoms with E-state index in [4.69, 9.17) is 9.47 Å². The van der Waals surface area contributed by atoms with Gasteiger partial charge in [0.25, 0.3) is 0 Å². The molecule has 0 fully saturated rings. The third-order valence-corrected chi connectivity index (χ3v) is 2.13. The molecule has 0 spiro atoms. The van der Waals surface area contributed by atoms with E-state index in [1.807, 2.05) is 0 Å². The van der Waals surface area contributed by atoms with Gasteiger partial charge in [0, 0.05) is 11.6 Å². The zero-order valence-corrected chi connectivity index (χ0v) is 9.30. The standard InChI is InChI=1S/C11H15FO3/c1-11(2,13)7-5-10(15-4)8(12)6-9(7)14-3/h5-6,13H,1-4H3. The van der Waals surface area contributed by atoms with Crippen molar-refractivity contribution in [2.45, 2.75) is 19.4 Å². The van der Waals surface area contributed by atoms with Crippen LogP contribution in [0, 0.1) is 5.82 Å². The molecule has 4 heteroatoms. The first-order valence-electron chi connectivity index (χ1n) is 4.54. The summed E-state index contributed by atoms with van der Waals surface area (Å²) in [7, 11) is 2.80. The highest BCUT2D eigenvalue weighted by atomic mass is 19.1. The lowest BCUT2D eigenvalue weighted by Crippen LogP contribution is -2.17. The van der Waals surface area contributed by atoms with Crippen molar-refractivity contribution in [3.63, 3.8) is 0 Å². The summed E-state index contributed by atoms with van der Waals surface area (Å²) in [5, 5.41) is 9.85. The first kappa shape index (κ1) is 11.8. The number of benzene rings is 1. The van der Waals surface area contributed by atoms with E-state index in [2.05, 4.69) is 0 Å². The van der Waals surface area contributed by atoms with Gasteiger partial charge in [0.1, 0.15) is 5.75 Å². The fraction of sp³-hybridized carbons (Fsp3) is 0.455. The Hall–Kier alpha value is -1.29. The molecule has 0 amide bonds. The molecular weight excluding hydrogens is 199 g/mol. The zero-order valence-electron chi connectivity index (χ0n) is 9.30. The molecule has 0 aliphatic heterocycles. The van der Waals surface area contributed by atoms with Crippen molar-refractivity contribution in [2.75, 3.05) is 14.2 Å². The van der Waals surface area contributed by atoms with Crippen molar-refractivity contribution < 1.29 is 19.0 Å². The maximum atomic E-state index is 13.3. The van der Waals surface area contributed by atoms with Crippen molar-refractivity contribution in [1.82, 2.24) is 0 Å². The minimum absolute atomic E-state index is 0.0907. The molecule has 0 radical (unpaired) electrons. The Morgan fingerprint density at radius 3 is 2.07 bits per heavy atom. The highest BCUT2D eigenvalue weighted by Gasteiger charge is 2.23. The Bertz CT molecular complexity index is 356. The summed E-state index contributed by atoms with van der Waals surface area (Å²) < 4.78 is 23.2. The summed E-state index contributed by atoms with van der Waals surface area (Å²) in [5.74, 6) is -0.115. The van der Waals surface area contributed by atoms with Gasteiger partial charge in [0.05, 0.1) is 19.8 Å². The average molecular weight is 214 g/mol. The molecular formula is C11H15FO3. The Labute approximate surface area is 88.4 Å². The van der Waals surface area contributed by atoms with Gasteiger partial charge in [-0.3, -0.25) is 0 Å². The van der Waals surface area contributed by atoms with Crippen LogP contribution < -0.4 is 9.47 Å². The summed E-state index contributed by atoms with van der Waals surface area (Å²) in [6, 6.07) is 2.64. The van der Waals surface area contributed by atoms with Gasteiger partial charge >= 0.3 is 0 Å². The van der Waals surface area contributed by atoms with Crippen LogP contribution in [-0.2, 0) is 5.60 Å². The van der Waals surface area contributed by atoms with Gasteiger partial charge in [0.2, 0.25) is 0 Å². The van der Waals surface area contributed by atoms with Crippen molar-refractivity contribution in [3.8, 4) is 11.5 Å². The predicted molar refractivity (Wildman–Crippen MR) is 54.7 cm³/mol. The van der Waals surface area contributed by atoms with Crippen LogP contribution in [0.4, 0.5) is 4.39 Å². The van der Waals surface area contributed by atoms with Crippen LogP contribution >= 0.6 is 0 Å². The van der Waals surface area contributed by atoms with E-state index < -0.39 is 11.4 Å². The SMILES string of the molecule is COc1cc(C(C)(C)O)c(OC)cc1F. The number of methoxy groups -OCH3 is 2. The molecule has 1 aromatic carbocycles. The van der Waals surface area contributed by atoms with Gasteiger partial charge in [-0.05, 0) is 19.9 Å². The van der Waals surface area contributed by atoms with Gasteiger partial charge in [-0.15, -0.1) is 0 Å². The van der Waals surface area contributed by atoms with E-state index in [-0.39, 0.29) is 5.75 Å². The Morgan fingerprint density at radius 2 is 1.67 bits per heavy atom. The molecule has 15 heavy (non-hydrogen) atoms. The molecule has 0 aliphatic carbocycles. The lowest BCUT2D eigenvalue weighted by molar-refractivity contribution is 0.0752. The smallest absolute Gasteiger partial charge is 0.168 e. The number of hydrogen-bond acceptors (Lipinski definition) is 3. The second kappa shape index (κ2) is 4.06. The molecule has 0 saturated carbocycles. The summed E-state index contributed by atoms with van der Waals surface area (Å²) in [4.78, 5) is 0. The first-order chi connectivity index (χ1) is 6.90. The topological polar surface area (TPSA) is 38.7 Å². The molecule has 1 N–H and O–H groups in total. The maximum absolute atomic E-state index is 13.3. The molecule has 0 heterocycles. The lowest BCUT2D eigenvalue weighted by Gasteiger charge is -2.21. The summed E-state index contributed by atoms with van der Waals surface area (Å²) in [5.41, 5.74) is -0.616. The molecule has 0 unspecified atom stereocenters. The number of ether oxygens (including phenoxy) is 2. The van der Waals surface area contributed by atoms with Gasteiger partial charge in [-0.1, -0.05) is 0 Å². The van der Waals surface area contributed by atoms with Crippen LogP contribution in [0.15, 0.2) is 12.1 Å². The Morgan fingerprint density at radius 1 is 1.13 bits per heavy atom. The molecule has 1 aromatic rings. The molecule has 0 bridgehead atoms. The average Bonchev–Trinajstić information content (AvgIpc) is 2.15. The van der Waals surface area contributed by atoms with Crippen molar-refractivity contribution in [1.29, 1.82) is 0 Å². The van der Waals surface area contributed by atoms with E-state index in [1.54, 1.807) is 13.8 Å². The van der Waals surface area contributed by atoms with Crippen LogP contribution in [-0.4, -0.2) is 19.3 Å². The van der Waals surface area contributed by atoms with Crippen LogP contribution in [0.5, 0.6) is 11.5 Å². The van der Waals surface area contributed by atoms with E-state index in [0.717, 1.165) is 0 Å². The van der Waals surface area contributed by atoms with E-state index in [0.29, 0.717) is 11.3 Å². The second-order valence-corrected chi connectivity index (χ2v) is 3.75. The van der Waals surface area contributed by atoms with Crippen LogP contribution in [0.1, 0.15) is 19.4 Å². The number of aliphatic hydroxyl groups is 1. The summed E-state index contributed by atoms with van der Waals surface area (Å²) >= 11 is 0. The molecule has 0 atom stereocenters. The van der Waals surface area contributed by atoms with Crippen LogP contribution in [0.25, 0.3) is 0 Å². The first-order valence-corrected chi connectivity index (χ1v) is 4.54. The normalized spacial score (nSPS) is 11.3. The maximum Gasteiger partial charge on any atom is 0.168 e. The summed E-state index contributed by atoms with van der Waals surface area (Å²) in [6.07, 6.45) is 0. The molecule has 3 nitrogen and oxygen atoms in total.